The summed E-state index contributed by atoms with van der Waals surface area (Å²) in [6.07, 6.45) is 3.06. The molecular formula is C17H15FN4O. The van der Waals surface area contributed by atoms with Gasteiger partial charge in [-0.3, -0.25) is 4.79 Å². The molecule has 23 heavy (non-hydrogen) atoms. The van der Waals surface area contributed by atoms with Gasteiger partial charge in [0.15, 0.2) is 0 Å². The van der Waals surface area contributed by atoms with E-state index in [1.54, 1.807) is 43.6 Å². The first-order valence-electron chi connectivity index (χ1n) is 7.16. The molecular weight excluding hydrogens is 295 g/mol. The van der Waals surface area contributed by atoms with E-state index >= 15 is 0 Å². The first kappa shape index (κ1) is 15.0. The third-order valence-corrected chi connectivity index (χ3v) is 3.82. The number of carbonyl (C=O) groups excluding carboxylic acids is 1. The minimum Gasteiger partial charge on any atom is -0.332 e. The number of nitrogens with zero attached hydrogens (tertiary/aromatic N) is 4. The minimum atomic E-state index is -0.441. The molecule has 0 radical (unpaired) electrons. The van der Waals surface area contributed by atoms with Crippen LogP contribution < -0.4 is 0 Å². The normalized spacial score (nSPS) is 12.1. The monoisotopic (exact) mass is 310 g/mol. The van der Waals surface area contributed by atoms with Crippen molar-refractivity contribution in [3.8, 4) is 0 Å². The molecule has 5 nitrogen and oxygen atoms in total. The van der Waals surface area contributed by atoms with Crippen LogP contribution in [0.15, 0.2) is 48.9 Å². The van der Waals surface area contributed by atoms with Crippen LogP contribution in [0.5, 0.6) is 0 Å². The number of carbonyl (C=O) groups is 1. The molecule has 1 atom stereocenters. The smallest absolute Gasteiger partial charge is 0.272 e. The Bertz CT molecular complexity index is 854. The Kier molecular flexibility index (Phi) is 3.97. The standard InChI is InChI=1S/C17H15FN4O/c1-11(14-8-9-19-10-20-14)22(2)17(23)15-7-6-12-4-3-5-13(18)16(12)21-15/h3-11H,1-2H3. The summed E-state index contributed by atoms with van der Waals surface area (Å²) in [6, 6.07) is 9.51. The zero-order valence-electron chi connectivity index (χ0n) is 12.8. The van der Waals surface area contributed by atoms with Gasteiger partial charge in [0.05, 0.1) is 11.7 Å². The zero-order chi connectivity index (χ0) is 16.4. The van der Waals surface area contributed by atoms with Crippen molar-refractivity contribution >= 4 is 16.8 Å². The topological polar surface area (TPSA) is 59.0 Å². The highest BCUT2D eigenvalue weighted by molar-refractivity contribution is 5.95. The number of amides is 1. The first-order valence-corrected chi connectivity index (χ1v) is 7.16. The molecule has 3 aromatic rings. The summed E-state index contributed by atoms with van der Waals surface area (Å²) in [7, 11) is 1.67. The Hall–Kier alpha value is -2.89. The maximum Gasteiger partial charge on any atom is 0.272 e. The van der Waals surface area contributed by atoms with Crippen molar-refractivity contribution in [3.63, 3.8) is 0 Å². The lowest BCUT2D eigenvalue weighted by molar-refractivity contribution is 0.0734. The van der Waals surface area contributed by atoms with E-state index in [0.29, 0.717) is 5.39 Å². The predicted octanol–water partition coefficient (Wildman–Crippen LogP) is 3.00. The lowest BCUT2D eigenvalue weighted by Gasteiger charge is -2.24. The van der Waals surface area contributed by atoms with Gasteiger partial charge >= 0.3 is 0 Å². The Labute approximate surface area is 132 Å². The fourth-order valence-electron chi connectivity index (χ4n) is 2.33. The van der Waals surface area contributed by atoms with E-state index in [2.05, 4.69) is 15.0 Å². The van der Waals surface area contributed by atoms with E-state index in [4.69, 9.17) is 0 Å². The van der Waals surface area contributed by atoms with Crippen molar-refractivity contribution in [2.45, 2.75) is 13.0 Å². The second kappa shape index (κ2) is 6.08. The minimum absolute atomic E-state index is 0.196. The summed E-state index contributed by atoms with van der Waals surface area (Å²) < 4.78 is 13.8. The molecule has 116 valence electrons. The van der Waals surface area contributed by atoms with Crippen molar-refractivity contribution in [1.29, 1.82) is 0 Å². The average Bonchev–Trinajstić information content (AvgIpc) is 2.60. The van der Waals surface area contributed by atoms with E-state index in [1.807, 2.05) is 6.92 Å². The number of halogens is 1. The number of fused-ring (bicyclic) bond motifs is 1. The first-order chi connectivity index (χ1) is 11.1. The number of pyridine rings is 1. The van der Waals surface area contributed by atoms with E-state index in [-0.39, 0.29) is 23.2 Å². The second-order valence-electron chi connectivity index (χ2n) is 5.23. The molecule has 0 aliphatic heterocycles. The summed E-state index contributed by atoms with van der Waals surface area (Å²) in [5.41, 5.74) is 1.12. The molecule has 0 aliphatic carbocycles. The molecule has 0 saturated carbocycles. The highest BCUT2D eigenvalue weighted by atomic mass is 19.1. The Morgan fingerprint density at radius 1 is 1.22 bits per heavy atom. The van der Waals surface area contributed by atoms with Crippen molar-refractivity contribution in [3.05, 3.63) is 66.1 Å². The van der Waals surface area contributed by atoms with Crippen LogP contribution in [-0.4, -0.2) is 32.8 Å². The predicted molar refractivity (Wildman–Crippen MR) is 84.2 cm³/mol. The van der Waals surface area contributed by atoms with E-state index < -0.39 is 5.82 Å². The third-order valence-electron chi connectivity index (χ3n) is 3.82. The average molecular weight is 310 g/mol. The van der Waals surface area contributed by atoms with Crippen LogP contribution in [0.3, 0.4) is 0 Å². The fraction of sp³-hybridized carbons (Fsp3) is 0.176. The summed E-state index contributed by atoms with van der Waals surface area (Å²) in [5.74, 6) is -0.732. The molecule has 6 heteroatoms. The Balaban J connectivity index is 1.92. The molecule has 0 bridgehead atoms. The van der Waals surface area contributed by atoms with Gasteiger partial charge in [0, 0.05) is 18.6 Å². The Morgan fingerprint density at radius 2 is 2.04 bits per heavy atom. The van der Waals surface area contributed by atoms with Crippen LogP contribution in [0.25, 0.3) is 10.9 Å². The fourth-order valence-corrected chi connectivity index (χ4v) is 2.33. The van der Waals surface area contributed by atoms with Gasteiger partial charge in [-0.25, -0.2) is 19.3 Å². The highest BCUT2D eigenvalue weighted by Crippen LogP contribution is 2.20. The third kappa shape index (κ3) is 2.88. The van der Waals surface area contributed by atoms with Gasteiger partial charge in [0.1, 0.15) is 23.4 Å². The van der Waals surface area contributed by atoms with Crippen molar-refractivity contribution in [2.24, 2.45) is 0 Å². The van der Waals surface area contributed by atoms with Gasteiger partial charge in [-0.05, 0) is 25.1 Å². The zero-order valence-corrected chi connectivity index (χ0v) is 12.8. The largest absolute Gasteiger partial charge is 0.332 e. The lowest BCUT2D eigenvalue weighted by atomic mass is 10.1. The summed E-state index contributed by atoms with van der Waals surface area (Å²) in [4.78, 5) is 26.3. The van der Waals surface area contributed by atoms with Gasteiger partial charge in [-0.2, -0.15) is 0 Å². The highest BCUT2D eigenvalue weighted by Gasteiger charge is 2.21. The number of benzene rings is 1. The van der Waals surface area contributed by atoms with E-state index in [9.17, 15) is 9.18 Å². The van der Waals surface area contributed by atoms with Crippen LogP contribution in [0, 0.1) is 5.82 Å². The van der Waals surface area contributed by atoms with Gasteiger partial charge in [-0.1, -0.05) is 18.2 Å². The second-order valence-corrected chi connectivity index (χ2v) is 5.23. The van der Waals surface area contributed by atoms with Crippen LogP contribution >= 0.6 is 0 Å². The summed E-state index contributed by atoms with van der Waals surface area (Å²) in [5, 5.41) is 0.660. The summed E-state index contributed by atoms with van der Waals surface area (Å²) in [6.45, 7) is 1.86. The van der Waals surface area contributed by atoms with Gasteiger partial charge in [0.25, 0.3) is 5.91 Å². The van der Waals surface area contributed by atoms with Crippen LogP contribution in [0.2, 0.25) is 0 Å². The van der Waals surface area contributed by atoms with Crippen LogP contribution in [0.1, 0.15) is 29.1 Å². The lowest BCUT2D eigenvalue weighted by Crippen LogP contribution is -2.30. The maximum absolute atomic E-state index is 13.8. The maximum atomic E-state index is 13.8. The van der Waals surface area contributed by atoms with E-state index in [0.717, 1.165) is 5.69 Å². The number of hydrogen-bond donors (Lipinski definition) is 0. The molecule has 1 aromatic carbocycles. The van der Waals surface area contributed by atoms with Crippen molar-refractivity contribution in [2.75, 3.05) is 7.05 Å². The quantitative estimate of drug-likeness (QED) is 0.746. The molecule has 3 rings (SSSR count). The molecule has 2 heterocycles. The molecule has 1 unspecified atom stereocenters. The molecule has 1 amide bonds. The number of aromatic nitrogens is 3. The SMILES string of the molecule is CC(c1ccncn1)N(C)C(=O)c1ccc2cccc(F)c2n1. The summed E-state index contributed by atoms with van der Waals surface area (Å²) >= 11 is 0. The Morgan fingerprint density at radius 3 is 2.78 bits per heavy atom. The van der Waals surface area contributed by atoms with Gasteiger partial charge in [0.2, 0.25) is 0 Å². The van der Waals surface area contributed by atoms with Crippen molar-refractivity contribution in [1.82, 2.24) is 19.9 Å². The molecule has 0 aliphatic rings. The molecule has 0 spiro atoms. The number of rotatable bonds is 3. The number of hydrogen-bond acceptors (Lipinski definition) is 4. The molecule has 0 fully saturated rings. The van der Waals surface area contributed by atoms with Gasteiger partial charge in [-0.15, -0.1) is 0 Å². The van der Waals surface area contributed by atoms with Gasteiger partial charge < -0.3 is 4.90 Å². The number of para-hydroxylation sites is 1. The van der Waals surface area contributed by atoms with Crippen molar-refractivity contribution < 1.29 is 9.18 Å². The molecule has 2 aromatic heterocycles. The molecule has 0 saturated heterocycles. The van der Waals surface area contributed by atoms with Crippen LogP contribution in [0.4, 0.5) is 4.39 Å². The molecule has 0 N–H and O–H groups in total. The van der Waals surface area contributed by atoms with E-state index in [1.165, 1.54) is 17.3 Å². The van der Waals surface area contributed by atoms with Crippen LogP contribution in [-0.2, 0) is 0 Å².